The summed E-state index contributed by atoms with van der Waals surface area (Å²) in [7, 11) is 0. The van der Waals surface area contributed by atoms with Gasteiger partial charge in [0.2, 0.25) is 0 Å². The topological polar surface area (TPSA) is 51.2 Å². The largest absolute Gasteiger partial charge is 0.445 e. The van der Waals surface area contributed by atoms with Crippen molar-refractivity contribution in [1.82, 2.24) is 10.3 Å². The Morgan fingerprint density at radius 2 is 2.00 bits per heavy atom. The number of halogens is 1. The van der Waals surface area contributed by atoms with E-state index in [4.69, 9.17) is 4.74 Å². The summed E-state index contributed by atoms with van der Waals surface area (Å²) in [6.07, 6.45) is 3.13. The van der Waals surface area contributed by atoms with Crippen molar-refractivity contribution in [3.63, 3.8) is 0 Å². The lowest BCUT2D eigenvalue weighted by molar-refractivity contribution is 0.131. The van der Waals surface area contributed by atoms with Crippen molar-refractivity contribution in [3.05, 3.63) is 52.8 Å². The molecule has 0 saturated heterocycles. The summed E-state index contributed by atoms with van der Waals surface area (Å²) in [6.45, 7) is 5.97. The smallest absolute Gasteiger partial charge is 0.407 e. The Morgan fingerprint density at radius 1 is 1.23 bits per heavy atom. The standard InChI is InChI=1S/C17H19BrN2O2/c1-17(2,3)20-16(21)22-11-12-5-4-6-13(7-12)14-8-15(18)10-19-9-14/h4-10H,11H2,1-3H3,(H,20,21). The summed E-state index contributed by atoms with van der Waals surface area (Å²) in [5.74, 6) is 0. The fourth-order valence-corrected chi connectivity index (χ4v) is 2.27. The second-order valence-electron chi connectivity index (χ2n) is 6.04. The molecule has 0 aliphatic carbocycles. The predicted octanol–water partition coefficient (Wildman–Crippen LogP) is 4.54. The van der Waals surface area contributed by atoms with Gasteiger partial charge in [0.25, 0.3) is 0 Å². The second-order valence-corrected chi connectivity index (χ2v) is 6.96. The number of hydrogen-bond donors (Lipinski definition) is 1. The van der Waals surface area contributed by atoms with Gasteiger partial charge in [-0.3, -0.25) is 4.98 Å². The lowest BCUT2D eigenvalue weighted by atomic mass is 10.1. The Kier molecular flexibility index (Phi) is 5.19. The maximum atomic E-state index is 11.7. The fraction of sp³-hybridized carbons (Fsp3) is 0.294. The number of amides is 1. The molecule has 0 spiro atoms. The number of nitrogens with one attached hydrogen (secondary N) is 1. The summed E-state index contributed by atoms with van der Waals surface area (Å²) in [5.41, 5.74) is 2.67. The zero-order chi connectivity index (χ0) is 16.2. The minimum atomic E-state index is -0.415. The molecule has 2 rings (SSSR count). The molecule has 0 fully saturated rings. The van der Waals surface area contributed by atoms with Crippen molar-refractivity contribution >= 4 is 22.0 Å². The van der Waals surface area contributed by atoms with Crippen LogP contribution in [0.25, 0.3) is 11.1 Å². The Balaban J connectivity index is 2.05. The van der Waals surface area contributed by atoms with Gasteiger partial charge in [-0.05, 0) is 60.0 Å². The van der Waals surface area contributed by atoms with Crippen LogP contribution in [0.15, 0.2) is 47.2 Å². The first kappa shape index (κ1) is 16.5. The van der Waals surface area contributed by atoms with Gasteiger partial charge < -0.3 is 10.1 Å². The molecule has 0 unspecified atom stereocenters. The van der Waals surface area contributed by atoms with E-state index in [1.807, 2.05) is 51.1 Å². The highest BCUT2D eigenvalue weighted by molar-refractivity contribution is 9.10. The van der Waals surface area contributed by atoms with Crippen molar-refractivity contribution in [3.8, 4) is 11.1 Å². The molecule has 1 heterocycles. The van der Waals surface area contributed by atoms with Crippen molar-refractivity contribution in [2.24, 2.45) is 0 Å². The van der Waals surface area contributed by atoms with E-state index in [-0.39, 0.29) is 12.1 Å². The number of aromatic nitrogens is 1. The van der Waals surface area contributed by atoms with E-state index < -0.39 is 6.09 Å². The number of nitrogens with zero attached hydrogens (tertiary/aromatic N) is 1. The van der Waals surface area contributed by atoms with Crippen LogP contribution in [-0.2, 0) is 11.3 Å². The van der Waals surface area contributed by atoms with Crippen molar-refractivity contribution < 1.29 is 9.53 Å². The molecule has 116 valence electrons. The van der Waals surface area contributed by atoms with Gasteiger partial charge in [0.15, 0.2) is 0 Å². The predicted molar refractivity (Wildman–Crippen MR) is 90.4 cm³/mol. The number of ether oxygens (including phenoxy) is 1. The Bertz CT molecular complexity index is 666. The first-order valence-corrected chi connectivity index (χ1v) is 7.77. The average Bonchev–Trinajstić information content (AvgIpc) is 2.44. The fourth-order valence-electron chi connectivity index (χ4n) is 1.90. The number of benzene rings is 1. The molecule has 4 nitrogen and oxygen atoms in total. The van der Waals surface area contributed by atoms with Crippen LogP contribution in [0.5, 0.6) is 0 Å². The molecular formula is C17H19BrN2O2. The van der Waals surface area contributed by atoms with Gasteiger partial charge in [0, 0.05) is 28.0 Å². The molecule has 0 atom stereocenters. The van der Waals surface area contributed by atoms with Crippen molar-refractivity contribution in [1.29, 1.82) is 0 Å². The molecule has 5 heteroatoms. The molecule has 0 radical (unpaired) electrons. The van der Waals surface area contributed by atoms with Crippen LogP contribution in [-0.4, -0.2) is 16.6 Å². The Hall–Kier alpha value is -1.88. The second kappa shape index (κ2) is 6.92. The summed E-state index contributed by atoms with van der Waals surface area (Å²) >= 11 is 3.42. The van der Waals surface area contributed by atoms with Crippen LogP contribution in [0.3, 0.4) is 0 Å². The van der Waals surface area contributed by atoms with Crippen LogP contribution in [0, 0.1) is 0 Å². The number of rotatable bonds is 3. The normalized spacial score (nSPS) is 11.1. The van der Waals surface area contributed by atoms with E-state index in [0.29, 0.717) is 0 Å². The van der Waals surface area contributed by atoms with Gasteiger partial charge in [-0.1, -0.05) is 18.2 Å². The third-order valence-corrected chi connectivity index (χ3v) is 3.25. The van der Waals surface area contributed by atoms with Crippen LogP contribution in [0.1, 0.15) is 26.3 Å². The zero-order valence-corrected chi connectivity index (χ0v) is 14.5. The van der Waals surface area contributed by atoms with E-state index in [0.717, 1.165) is 21.2 Å². The summed E-state index contributed by atoms with van der Waals surface area (Å²) in [6, 6.07) is 9.87. The Morgan fingerprint density at radius 3 is 2.68 bits per heavy atom. The maximum Gasteiger partial charge on any atom is 0.407 e. The van der Waals surface area contributed by atoms with Crippen molar-refractivity contribution in [2.45, 2.75) is 32.9 Å². The van der Waals surface area contributed by atoms with Gasteiger partial charge in [-0.25, -0.2) is 4.79 Å². The van der Waals surface area contributed by atoms with E-state index in [1.54, 1.807) is 12.4 Å². The van der Waals surface area contributed by atoms with Crippen LogP contribution < -0.4 is 5.32 Å². The highest BCUT2D eigenvalue weighted by atomic mass is 79.9. The van der Waals surface area contributed by atoms with E-state index in [1.165, 1.54) is 0 Å². The molecule has 2 aromatic rings. The molecule has 0 saturated carbocycles. The summed E-state index contributed by atoms with van der Waals surface area (Å²) < 4.78 is 6.17. The zero-order valence-electron chi connectivity index (χ0n) is 12.9. The molecule has 1 amide bonds. The molecule has 0 aliphatic heterocycles. The van der Waals surface area contributed by atoms with Gasteiger partial charge in [0.05, 0.1) is 0 Å². The molecule has 1 aromatic carbocycles. The molecule has 1 aromatic heterocycles. The highest BCUT2D eigenvalue weighted by Crippen LogP contribution is 2.22. The maximum absolute atomic E-state index is 11.7. The summed E-state index contributed by atoms with van der Waals surface area (Å²) in [4.78, 5) is 15.8. The third kappa shape index (κ3) is 5.15. The lowest BCUT2D eigenvalue weighted by Gasteiger charge is -2.20. The minimum Gasteiger partial charge on any atom is -0.445 e. The highest BCUT2D eigenvalue weighted by Gasteiger charge is 2.14. The number of carbonyl (C=O) groups excluding carboxylic acids is 1. The number of pyridine rings is 1. The quantitative estimate of drug-likeness (QED) is 0.871. The van der Waals surface area contributed by atoms with Crippen molar-refractivity contribution in [2.75, 3.05) is 0 Å². The van der Waals surface area contributed by atoms with Gasteiger partial charge in [0.1, 0.15) is 6.61 Å². The molecular weight excluding hydrogens is 344 g/mol. The lowest BCUT2D eigenvalue weighted by Crippen LogP contribution is -2.40. The number of alkyl carbamates (subject to hydrolysis) is 1. The van der Waals surface area contributed by atoms with Crippen LogP contribution >= 0.6 is 15.9 Å². The molecule has 22 heavy (non-hydrogen) atoms. The SMILES string of the molecule is CC(C)(C)NC(=O)OCc1cccc(-c2cncc(Br)c2)c1. The average molecular weight is 363 g/mol. The third-order valence-electron chi connectivity index (χ3n) is 2.81. The molecule has 1 N–H and O–H groups in total. The van der Waals surface area contributed by atoms with E-state index >= 15 is 0 Å². The number of hydrogen-bond acceptors (Lipinski definition) is 3. The van der Waals surface area contributed by atoms with E-state index in [2.05, 4.69) is 26.2 Å². The first-order valence-electron chi connectivity index (χ1n) is 6.98. The minimum absolute atomic E-state index is 0.233. The Labute approximate surface area is 139 Å². The van der Waals surface area contributed by atoms with Gasteiger partial charge in [-0.15, -0.1) is 0 Å². The first-order chi connectivity index (χ1) is 10.3. The monoisotopic (exact) mass is 362 g/mol. The summed E-state index contributed by atoms with van der Waals surface area (Å²) in [5, 5.41) is 2.77. The van der Waals surface area contributed by atoms with Crippen LogP contribution in [0.4, 0.5) is 4.79 Å². The van der Waals surface area contributed by atoms with Crippen LogP contribution in [0.2, 0.25) is 0 Å². The van der Waals surface area contributed by atoms with E-state index in [9.17, 15) is 4.79 Å². The number of carbonyl (C=O) groups is 1. The van der Waals surface area contributed by atoms with Gasteiger partial charge >= 0.3 is 6.09 Å². The van der Waals surface area contributed by atoms with Gasteiger partial charge in [-0.2, -0.15) is 0 Å². The molecule has 0 bridgehead atoms. The molecule has 0 aliphatic rings.